The molecule has 10 heteroatoms. The summed E-state index contributed by atoms with van der Waals surface area (Å²) in [7, 11) is 1.22. The van der Waals surface area contributed by atoms with Crippen LogP contribution >= 0.6 is 0 Å². The number of carbonyl (C=O) groups excluding carboxylic acids is 3. The summed E-state index contributed by atoms with van der Waals surface area (Å²) in [6.45, 7) is 0. The average molecular weight is 380 g/mol. The lowest BCUT2D eigenvalue weighted by Gasteiger charge is -2.21. The topological polar surface area (TPSA) is 88.8 Å². The van der Waals surface area contributed by atoms with E-state index >= 15 is 0 Å². The molecule has 1 fully saturated rings. The van der Waals surface area contributed by atoms with Gasteiger partial charge in [-0.15, -0.1) is 13.2 Å². The summed E-state index contributed by atoms with van der Waals surface area (Å²) < 4.78 is 45.8. The quantitative estimate of drug-likeness (QED) is 0.653. The molecule has 0 aliphatic carbocycles. The van der Waals surface area contributed by atoms with Crippen LogP contribution in [0.3, 0.4) is 0 Å². The van der Waals surface area contributed by atoms with Crippen molar-refractivity contribution < 1.29 is 36.7 Å². The third kappa shape index (κ3) is 4.00. The first kappa shape index (κ1) is 18.2. The molecule has 1 aliphatic rings. The van der Waals surface area contributed by atoms with E-state index in [0.717, 1.165) is 17.0 Å². The van der Waals surface area contributed by atoms with Gasteiger partial charge >= 0.3 is 12.4 Å². The SMILES string of the molecule is CN1C(=O)NC(=O)/C(=C\c2ccc(-c3ccc(OC(F)(F)F)cc3)o2)C1=O. The Morgan fingerprint density at radius 3 is 2.37 bits per heavy atom. The zero-order valence-electron chi connectivity index (χ0n) is 13.7. The van der Waals surface area contributed by atoms with Crippen molar-refractivity contribution in [2.24, 2.45) is 0 Å². The number of barbiturate groups is 1. The Hall–Kier alpha value is -3.56. The van der Waals surface area contributed by atoms with Crippen LogP contribution in [-0.2, 0) is 9.59 Å². The molecule has 0 atom stereocenters. The van der Waals surface area contributed by atoms with Gasteiger partial charge in [0.15, 0.2) is 0 Å². The van der Waals surface area contributed by atoms with Gasteiger partial charge in [-0.05, 0) is 42.5 Å². The normalized spacial score (nSPS) is 16.7. The lowest BCUT2D eigenvalue weighted by Crippen LogP contribution is -2.52. The highest BCUT2D eigenvalue weighted by Crippen LogP contribution is 2.28. The van der Waals surface area contributed by atoms with Crippen molar-refractivity contribution in [1.82, 2.24) is 10.2 Å². The number of halogens is 3. The molecular weight excluding hydrogens is 369 g/mol. The highest BCUT2D eigenvalue weighted by Gasteiger charge is 2.33. The summed E-state index contributed by atoms with van der Waals surface area (Å²) in [6.07, 6.45) is -3.61. The van der Waals surface area contributed by atoms with E-state index in [1.807, 2.05) is 5.32 Å². The van der Waals surface area contributed by atoms with Crippen LogP contribution in [0.15, 0.2) is 46.4 Å². The highest BCUT2D eigenvalue weighted by atomic mass is 19.4. The van der Waals surface area contributed by atoms with Crippen LogP contribution in [0.5, 0.6) is 5.75 Å². The van der Waals surface area contributed by atoms with Gasteiger partial charge in [0.05, 0.1) is 0 Å². The van der Waals surface area contributed by atoms with Crippen LogP contribution < -0.4 is 10.1 Å². The Bertz CT molecular complexity index is 944. The van der Waals surface area contributed by atoms with Gasteiger partial charge in [0.2, 0.25) is 0 Å². The van der Waals surface area contributed by atoms with Gasteiger partial charge in [-0.2, -0.15) is 0 Å². The summed E-state index contributed by atoms with van der Waals surface area (Å²) in [5, 5.41) is 2.00. The van der Waals surface area contributed by atoms with E-state index in [2.05, 4.69) is 4.74 Å². The van der Waals surface area contributed by atoms with E-state index in [0.29, 0.717) is 11.3 Å². The summed E-state index contributed by atoms with van der Waals surface area (Å²) in [5.74, 6) is -1.56. The molecule has 0 saturated carbocycles. The smallest absolute Gasteiger partial charge is 0.457 e. The molecule has 3 rings (SSSR count). The summed E-state index contributed by atoms with van der Waals surface area (Å²) >= 11 is 0. The largest absolute Gasteiger partial charge is 0.573 e. The molecule has 1 aromatic carbocycles. The van der Waals surface area contributed by atoms with Crippen LogP contribution in [0.4, 0.5) is 18.0 Å². The number of benzene rings is 1. The number of amides is 4. The van der Waals surface area contributed by atoms with Crippen LogP contribution in [0.25, 0.3) is 17.4 Å². The predicted molar refractivity (Wildman–Crippen MR) is 85.1 cm³/mol. The Morgan fingerprint density at radius 2 is 1.74 bits per heavy atom. The van der Waals surface area contributed by atoms with Gasteiger partial charge in [0, 0.05) is 12.6 Å². The van der Waals surface area contributed by atoms with Crippen molar-refractivity contribution >= 4 is 23.9 Å². The minimum absolute atomic E-state index is 0.155. The Kier molecular flexibility index (Phi) is 4.48. The fraction of sp³-hybridized carbons (Fsp3) is 0.118. The number of rotatable bonds is 3. The molecule has 140 valence electrons. The minimum Gasteiger partial charge on any atom is -0.457 e. The Labute approximate surface area is 150 Å². The molecule has 0 unspecified atom stereocenters. The van der Waals surface area contributed by atoms with Crippen molar-refractivity contribution in [2.45, 2.75) is 6.36 Å². The number of ether oxygens (including phenoxy) is 1. The standard InChI is InChI=1S/C17H11F3N2O5/c1-22-15(24)12(14(23)21-16(22)25)8-11-6-7-13(26-11)9-2-4-10(5-3-9)27-17(18,19)20/h2-8H,1H3,(H,21,23,25)/b12-8+. The van der Waals surface area contributed by atoms with Crippen LogP contribution in [0, 0.1) is 0 Å². The van der Waals surface area contributed by atoms with E-state index in [-0.39, 0.29) is 17.1 Å². The number of likely N-dealkylation sites (N-methyl/N-ethyl adjacent to an activating group) is 1. The molecule has 0 spiro atoms. The molecule has 1 aliphatic heterocycles. The average Bonchev–Trinajstić information content (AvgIpc) is 3.05. The molecule has 4 amide bonds. The maximum atomic E-state index is 12.2. The maximum absolute atomic E-state index is 12.2. The van der Waals surface area contributed by atoms with E-state index < -0.39 is 24.2 Å². The van der Waals surface area contributed by atoms with Crippen LogP contribution in [0.2, 0.25) is 0 Å². The number of nitrogens with zero attached hydrogens (tertiary/aromatic N) is 1. The molecule has 0 radical (unpaired) electrons. The first-order valence-corrected chi connectivity index (χ1v) is 7.45. The second kappa shape index (κ2) is 6.63. The van der Waals surface area contributed by atoms with Crippen LogP contribution in [-0.4, -0.2) is 36.2 Å². The molecular formula is C17H11F3N2O5. The van der Waals surface area contributed by atoms with Gasteiger partial charge in [0.25, 0.3) is 11.8 Å². The third-order valence-corrected chi connectivity index (χ3v) is 3.59. The Balaban J connectivity index is 1.82. The number of urea groups is 1. The minimum atomic E-state index is -4.78. The summed E-state index contributed by atoms with van der Waals surface area (Å²) in [5.41, 5.74) is 0.174. The zero-order chi connectivity index (χ0) is 19.8. The molecule has 2 aromatic rings. The van der Waals surface area contributed by atoms with Gasteiger partial charge in [-0.3, -0.25) is 19.8 Å². The molecule has 27 heavy (non-hydrogen) atoms. The van der Waals surface area contributed by atoms with Crippen molar-refractivity contribution in [2.75, 3.05) is 7.05 Å². The predicted octanol–water partition coefficient (Wildman–Crippen LogP) is 2.94. The van der Waals surface area contributed by atoms with Gasteiger partial charge in [-0.1, -0.05) is 0 Å². The number of carbonyl (C=O) groups is 3. The lowest BCUT2D eigenvalue weighted by molar-refractivity contribution is -0.274. The maximum Gasteiger partial charge on any atom is 0.573 e. The first-order valence-electron chi connectivity index (χ1n) is 7.45. The van der Waals surface area contributed by atoms with Gasteiger partial charge in [0.1, 0.15) is 22.8 Å². The number of imide groups is 2. The number of hydrogen-bond donors (Lipinski definition) is 1. The Morgan fingerprint density at radius 1 is 1.07 bits per heavy atom. The monoisotopic (exact) mass is 380 g/mol. The van der Waals surface area contributed by atoms with Gasteiger partial charge < -0.3 is 9.15 Å². The number of nitrogens with one attached hydrogen (secondary N) is 1. The molecule has 1 aromatic heterocycles. The highest BCUT2D eigenvalue weighted by molar-refractivity contribution is 6.30. The second-order valence-electron chi connectivity index (χ2n) is 5.46. The van der Waals surface area contributed by atoms with Gasteiger partial charge in [-0.25, -0.2) is 4.79 Å². The summed E-state index contributed by atoms with van der Waals surface area (Å²) in [6, 6.07) is 7.14. The molecule has 7 nitrogen and oxygen atoms in total. The second-order valence-corrected chi connectivity index (χ2v) is 5.46. The van der Waals surface area contributed by atoms with Crippen molar-refractivity contribution in [3.63, 3.8) is 0 Å². The fourth-order valence-corrected chi connectivity index (χ4v) is 2.29. The number of alkyl halides is 3. The van der Waals surface area contributed by atoms with Crippen molar-refractivity contribution in [3.8, 4) is 17.1 Å². The van der Waals surface area contributed by atoms with E-state index in [4.69, 9.17) is 4.42 Å². The van der Waals surface area contributed by atoms with E-state index in [1.54, 1.807) is 0 Å². The number of hydrogen-bond acceptors (Lipinski definition) is 5. The van der Waals surface area contributed by atoms with Crippen LogP contribution in [0.1, 0.15) is 5.76 Å². The molecule has 1 N–H and O–H groups in total. The third-order valence-electron chi connectivity index (χ3n) is 3.59. The van der Waals surface area contributed by atoms with Crippen molar-refractivity contribution in [1.29, 1.82) is 0 Å². The molecule has 1 saturated heterocycles. The summed E-state index contributed by atoms with van der Waals surface area (Å²) in [4.78, 5) is 35.9. The fourth-order valence-electron chi connectivity index (χ4n) is 2.29. The number of furan rings is 1. The first-order chi connectivity index (χ1) is 12.6. The lowest BCUT2D eigenvalue weighted by atomic mass is 10.1. The van der Waals surface area contributed by atoms with Crippen molar-refractivity contribution in [3.05, 3.63) is 47.7 Å². The zero-order valence-corrected chi connectivity index (χ0v) is 13.7. The molecule has 2 heterocycles. The molecule has 0 bridgehead atoms. The van der Waals surface area contributed by atoms with E-state index in [9.17, 15) is 27.6 Å². The van der Waals surface area contributed by atoms with E-state index in [1.165, 1.54) is 37.4 Å².